The van der Waals surface area contributed by atoms with Crippen molar-refractivity contribution in [3.05, 3.63) is 48.0 Å². The van der Waals surface area contributed by atoms with Crippen LogP contribution in [0.25, 0.3) is 10.8 Å². The number of primary amides is 1. The summed E-state index contributed by atoms with van der Waals surface area (Å²) in [5.74, 6) is -0.522. The fraction of sp³-hybridized carbons (Fsp3) is 0.333. The van der Waals surface area contributed by atoms with Gasteiger partial charge in [0, 0.05) is 6.54 Å². The second kappa shape index (κ2) is 7.59. The third kappa shape index (κ3) is 4.07. The first-order valence-electron chi connectivity index (χ1n) is 7.64. The van der Waals surface area contributed by atoms with Crippen LogP contribution in [0, 0.1) is 0 Å². The zero-order chi connectivity index (χ0) is 15.9. The molecule has 0 spiro atoms. The van der Waals surface area contributed by atoms with E-state index < -0.39 is 5.91 Å². The summed E-state index contributed by atoms with van der Waals surface area (Å²) in [4.78, 5) is 25.2. The highest BCUT2D eigenvalue weighted by Crippen LogP contribution is 2.19. The second-order valence-corrected chi connectivity index (χ2v) is 5.45. The molecule has 0 fully saturated rings. The van der Waals surface area contributed by atoms with Gasteiger partial charge in [0.15, 0.2) is 0 Å². The number of nitrogens with two attached hydrogens (primary N) is 1. The first-order valence-corrected chi connectivity index (χ1v) is 7.64. The highest BCUT2D eigenvalue weighted by Gasteiger charge is 2.16. The zero-order valence-corrected chi connectivity index (χ0v) is 12.9. The van der Waals surface area contributed by atoms with Crippen molar-refractivity contribution in [1.29, 1.82) is 0 Å². The molecule has 0 heterocycles. The van der Waals surface area contributed by atoms with Gasteiger partial charge in [0.25, 0.3) is 0 Å². The van der Waals surface area contributed by atoms with E-state index in [2.05, 4.69) is 6.92 Å². The Balaban J connectivity index is 2.18. The predicted molar refractivity (Wildman–Crippen MR) is 88.3 cm³/mol. The zero-order valence-electron chi connectivity index (χ0n) is 12.9. The molecule has 2 amide bonds. The molecule has 116 valence electrons. The molecule has 2 rings (SSSR count). The van der Waals surface area contributed by atoms with Crippen molar-refractivity contribution in [2.24, 2.45) is 5.73 Å². The molecule has 0 aliphatic rings. The molecular weight excluding hydrogens is 276 g/mol. The van der Waals surface area contributed by atoms with Gasteiger partial charge >= 0.3 is 0 Å². The van der Waals surface area contributed by atoms with E-state index >= 15 is 0 Å². The quantitative estimate of drug-likeness (QED) is 0.853. The van der Waals surface area contributed by atoms with Crippen LogP contribution in [0.15, 0.2) is 42.5 Å². The first-order chi connectivity index (χ1) is 10.6. The molecule has 0 saturated carbocycles. The molecule has 2 N–H and O–H groups in total. The summed E-state index contributed by atoms with van der Waals surface area (Å²) < 4.78 is 0. The van der Waals surface area contributed by atoms with Crippen molar-refractivity contribution in [2.45, 2.75) is 26.2 Å². The summed E-state index contributed by atoms with van der Waals surface area (Å²) in [5, 5.41) is 2.19. The van der Waals surface area contributed by atoms with Gasteiger partial charge < -0.3 is 10.6 Å². The molecule has 0 unspecified atom stereocenters. The molecule has 4 nitrogen and oxygen atoms in total. The number of carbonyl (C=O) groups is 2. The summed E-state index contributed by atoms with van der Waals surface area (Å²) in [5.41, 5.74) is 6.23. The van der Waals surface area contributed by atoms with Crippen LogP contribution in [-0.4, -0.2) is 29.8 Å². The van der Waals surface area contributed by atoms with Crippen molar-refractivity contribution in [2.75, 3.05) is 13.1 Å². The van der Waals surface area contributed by atoms with Crippen LogP contribution in [0.3, 0.4) is 0 Å². The number of hydrogen-bond donors (Lipinski definition) is 1. The Bertz CT molecular complexity index is 662. The van der Waals surface area contributed by atoms with E-state index in [4.69, 9.17) is 5.73 Å². The van der Waals surface area contributed by atoms with E-state index in [1.54, 1.807) is 4.90 Å². The maximum absolute atomic E-state index is 12.5. The SMILES string of the molecule is CCCCN(CC(N)=O)C(=O)Cc1cccc2ccccc12. The first kappa shape index (κ1) is 16.0. The van der Waals surface area contributed by atoms with E-state index in [-0.39, 0.29) is 12.5 Å². The van der Waals surface area contributed by atoms with Gasteiger partial charge in [-0.15, -0.1) is 0 Å². The van der Waals surface area contributed by atoms with Gasteiger partial charge in [-0.1, -0.05) is 55.8 Å². The van der Waals surface area contributed by atoms with Crippen molar-refractivity contribution in [3.63, 3.8) is 0 Å². The third-order valence-electron chi connectivity index (χ3n) is 3.70. The number of rotatable bonds is 7. The summed E-state index contributed by atoms with van der Waals surface area (Å²) in [6, 6.07) is 13.9. The number of fused-ring (bicyclic) bond motifs is 1. The molecule has 0 radical (unpaired) electrons. The third-order valence-corrected chi connectivity index (χ3v) is 3.70. The van der Waals surface area contributed by atoms with Gasteiger partial charge in [-0.25, -0.2) is 0 Å². The van der Waals surface area contributed by atoms with Crippen molar-refractivity contribution >= 4 is 22.6 Å². The molecule has 2 aromatic rings. The molecule has 0 saturated heterocycles. The highest BCUT2D eigenvalue weighted by molar-refractivity contribution is 5.91. The Hall–Kier alpha value is -2.36. The minimum Gasteiger partial charge on any atom is -0.368 e. The lowest BCUT2D eigenvalue weighted by Gasteiger charge is -2.21. The van der Waals surface area contributed by atoms with Crippen LogP contribution in [-0.2, 0) is 16.0 Å². The van der Waals surface area contributed by atoms with Crippen molar-refractivity contribution in [1.82, 2.24) is 4.90 Å². The van der Waals surface area contributed by atoms with E-state index in [9.17, 15) is 9.59 Å². The number of benzene rings is 2. The van der Waals surface area contributed by atoms with Crippen LogP contribution >= 0.6 is 0 Å². The Labute approximate surface area is 130 Å². The van der Waals surface area contributed by atoms with Gasteiger partial charge in [0.1, 0.15) is 0 Å². The van der Waals surface area contributed by atoms with Crippen molar-refractivity contribution in [3.8, 4) is 0 Å². The molecule has 0 bridgehead atoms. The maximum atomic E-state index is 12.5. The molecule has 0 aromatic heterocycles. The Morgan fingerprint density at radius 1 is 1.09 bits per heavy atom. The smallest absolute Gasteiger partial charge is 0.237 e. The van der Waals surface area contributed by atoms with Crippen LogP contribution in [0.1, 0.15) is 25.3 Å². The van der Waals surface area contributed by atoms with Crippen LogP contribution in [0.5, 0.6) is 0 Å². The molecule has 2 aromatic carbocycles. The molecule has 0 aliphatic carbocycles. The fourth-order valence-electron chi connectivity index (χ4n) is 2.55. The topological polar surface area (TPSA) is 63.4 Å². The van der Waals surface area contributed by atoms with Gasteiger partial charge in [-0.2, -0.15) is 0 Å². The van der Waals surface area contributed by atoms with Crippen molar-refractivity contribution < 1.29 is 9.59 Å². The molecule has 0 aliphatic heterocycles. The van der Waals surface area contributed by atoms with Crippen LogP contribution < -0.4 is 5.73 Å². The standard InChI is InChI=1S/C18H22N2O2/c1-2-3-11-20(13-17(19)21)18(22)12-15-9-6-8-14-7-4-5-10-16(14)15/h4-10H,2-3,11-13H2,1H3,(H2,19,21). The average Bonchev–Trinajstić information content (AvgIpc) is 2.51. The Morgan fingerprint density at radius 3 is 2.55 bits per heavy atom. The minimum atomic E-state index is -0.470. The summed E-state index contributed by atoms with van der Waals surface area (Å²) in [6.45, 7) is 2.62. The molecule has 22 heavy (non-hydrogen) atoms. The number of nitrogens with zero attached hydrogens (tertiary/aromatic N) is 1. The largest absolute Gasteiger partial charge is 0.368 e. The second-order valence-electron chi connectivity index (χ2n) is 5.45. The lowest BCUT2D eigenvalue weighted by Crippen LogP contribution is -2.39. The van der Waals surface area contributed by atoms with Gasteiger partial charge in [0.05, 0.1) is 13.0 Å². The van der Waals surface area contributed by atoms with Gasteiger partial charge in [-0.05, 0) is 22.8 Å². The lowest BCUT2D eigenvalue weighted by atomic mass is 10.0. The predicted octanol–water partition coefficient (Wildman–Crippen LogP) is 2.50. The number of hydrogen-bond acceptors (Lipinski definition) is 2. The summed E-state index contributed by atoms with van der Waals surface area (Å²) >= 11 is 0. The minimum absolute atomic E-state index is 0.0103. The van der Waals surface area contributed by atoms with Gasteiger partial charge in [-0.3, -0.25) is 9.59 Å². The van der Waals surface area contributed by atoms with E-state index in [0.717, 1.165) is 29.2 Å². The van der Waals surface area contributed by atoms with E-state index in [0.29, 0.717) is 13.0 Å². The maximum Gasteiger partial charge on any atom is 0.237 e. The summed E-state index contributed by atoms with van der Waals surface area (Å²) in [7, 11) is 0. The van der Waals surface area contributed by atoms with Crippen LogP contribution in [0.2, 0.25) is 0 Å². The number of amides is 2. The average molecular weight is 298 g/mol. The Morgan fingerprint density at radius 2 is 1.82 bits per heavy atom. The molecule has 4 heteroatoms. The summed E-state index contributed by atoms with van der Waals surface area (Å²) in [6.07, 6.45) is 2.13. The van der Waals surface area contributed by atoms with E-state index in [1.165, 1.54) is 0 Å². The lowest BCUT2D eigenvalue weighted by molar-refractivity contribution is -0.134. The monoisotopic (exact) mass is 298 g/mol. The molecular formula is C18H22N2O2. The van der Waals surface area contributed by atoms with Gasteiger partial charge in [0.2, 0.25) is 11.8 Å². The van der Waals surface area contributed by atoms with Crippen LogP contribution in [0.4, 0.5) is 0 Å². The number of unbranched alkanes of at least 4 members (excludes halogenated alkanes) is 1. The molecule has 0 atom stereocenters. The van der Waals surface area contributed by atoms with E-state index in [1.807, 2.05) is 42.5 Å². The normalized spacial score (nSPS) is 10.6. The highest BCUT2D eigenvalue weighted by atomic mass is 16.2. The Kier molecular flexibility index (Phi) is 5.53. The fourth-order valence-corrected chi connectivity index (χ4v) is 2.55. The number of carbonyl (C=O) groups excluding carboxylic acids is 2.